The second-order valence-electron chi connectivity index (χ2n) is 5.10. The highest BCUT2D eigenvalue weighted by Crippen LogP contribution is 2.33. The van der Waals surface area contributed by atoms with Gasteiger partial charge in [0.2, 0.25) is 0 Å². The summed E-state index contributed by atoms with van der Waals surface area (Å²) in [6.45, 7) is -0.272. The van der Waals surface area contributed by atoms with Crippen LogP contribution < -0.4 is 0 Å². The number of benzene rings is 1. The van der Waals surface area contributed by atoms with E-state index in [2.05, 4.69) is 5.92 Å². The van der Waals surface area contributed by atoms with Gasteiger partial charge < -0.3 is 14.8 Å². The van der Waals surface area contributed by atoms with Crippen LogP contribution in [-0.4, -0.2) is 44.4 Å². The monoisotopic (exact) mass is 333 g/mol. The van der Waals surface area contributed by atoms with Crippen LogP contribution in [0.3, 0.4) is 0 Å². The molecule has 0 spiro atoms. The summed E-state index contributed by atoms with van der Waals surface area (Å²) in [6, 6.07) is 2.69. The molecule has 0 amide bonds. The second-order valence-corrected chi connectivity index (χ2v) is 6.55. The normalized spacial score (nSPS) is 24.2. The van der Waals surface area contributed by atoms with Gasteiger partial charge in [0, 0.05) is 6.54 Å². The first-order chi connectivity index (χ1) is 10.2. The average molecular weight is 333 g/mol. The molecule has 0 aliphatic carbocycles. The quantitative estimate of drug-likeness (QED) is 0.643. The van der Waals surface area contributed by atoms with Gasteiger partial charge in [-0.15, -0.1) is 10.7 Å². The van der Waals surface area contributed by atoms with Crippen LogP contribution in [0.1, 0.15) is 17.5 Å². The number of hydrogen-bond acceptors (Lipinski definition) is 4. The first kappa shape index (κ1) is 17.1. The number of aliphatic hydroxyl groups excluding tert-OH is 1. The minimum atomic E-state index is -4.53. The van der Waals surface area contributed by atoms with E-state index < -0.39 is 35.3 Å². The van der Waals surface area contributed by atoms with Gasteiger partial charge in [-0.2, -0.15) is 13.2 Å². The van der Waals surface area contributed by atoms with Crippen molar-refractivity contribution in [2.24, 2.45) is 0 Å². The minimum Gasteiger partial charge on any atom is -0.593 e. The summed E-state index contributed by atoms with van der Waals surface area (Å²) >= 11 is -1.80. The summed E-state index contributed by atoms with van der Waals surface area (Å²) in [4.78, 5) is 0.0812. The van der Waals surface area contributed by atoms with Crippen molar-refractivity contribution in [1.82, 2.24) is 4.31 Å². The number of terminal acetylenes is 1. The fourth-order valence-electron chi connectivity index (χ4n) is 2.20. The molecule has 1 aromatic rings. The highest BCUT2D eigenvalue weighted by molar-refractivity contribution is 7.89. The lowest BCUT2D eigenvalue weighted by atomic mass is 10.1. The maximum Gasteiger partial charge on any atom is 0.416 e. The lowest BCUT2D eigenvalue weighted by Crippen LogP contribution is -2.39. The fourth-order valence-corrected chi connectivity index (χ4v) is 3.58. The molecular weight excluding hydrogens is 319 g/mol. The van der Waals surface area contributed by atoms with E-state index in [4.69, 9.17) is 11.5 Å². The van der Waals surface area contributed by atoms with Crippen molar-refractivity contribution in [2.75, 3.05) is 19.7 Å². The number of halogens is 3. The maximum atomic E-state index is 12.7. The molecule has 1 aromatic carbocycles. The third-order valence-electron chi connectivity index (χ3n) is 3.48. The molecular formula is C14H14F3NO3S. The smallest absolute Gasteiger partial charge is 0.416 e. The Bertz CT molecular complexity index is 602. The minimum absolute atomic E-state index is 0.0405. The third-order valence-corrected chi connectivity index (χ3v) is 4.99. The Morgan fingerprint density at radius 1 is 1.45 bits per heavy atom. The van der Waals surface area contributed by atoms with Crippen LogP contribution in [0, 0.1) is 12.3 Å². The summed E-state index contributed by atoms with van der Waals surface area (Å²) in [5.74, 6) is 2.12. The van der Waals surface area contributed by atoms with Crippen LogP contribution in [0.5, 0.6) is 0 Å². The summed E-state index contributed by atoms with van der Waals surface area (Å²) in [5.41, 5.74) is -2.36. The van der Waals surface area contributed by atoms with Gasteiger partial charge in [0.1, 0.15) is 5.60 Å². The van der Waals surface area contributed by atoms with Crippen LogP contribution in [-0.2, 0) is 17.5 Å². The van der Waals surface area contributed by atoms with Crippen molar-refractivity contribution < 1.29 is 27.9 Å². The molecule has 0 bridgehead atoms. The molecule has 1 fully saturated rings. The molecule has 8 heteroatoms. The standard InChI is InChI=1S/C14H14F3NO3S/c1-2-10-7-11(14(15,16)17)3-4-12(10)22(21)18-6-5-13(20,8-18)9-19/h1,3-4,7,19-20H,5-6,8-9H2. The molecule has 2 unspecified atom stereocenters. The Morgan fingerprint density at radius 3 is 2.64 bits per heavy atom. The molecule has 0 aromatic heterocycles. The molecule has 2 atom stereocenters. The predicted molar refractivity (Wildman–Crippen MR) is 74.0 cm³/mol. The van der Waals surface area contributed by atoms with E-state index in [0.29, 0.717) is 0 Å². The van der Waals surface area contributed by atoms with E-state index in [-0.39, 0.29) is 30.0 Å². The molecule has 2 N–H and O–H groups in total. The van der Waals surface area contributed by atoms with Crippen LogP contribution >= 0.6 is 0 Å². The lowest BCUT2D eigenvalue weighted by molar-refractivity contribution is -0.137. The predicted octanol–water partition coefficient (Wildman–Crippen LogP) is 1.14. The number of nitrogens with zero attached hydrogens (tertiary/aromatic N) is 1. The first-order valence-electron chi connectivity index (χ1n) is 6.38. The van der Waals surface area contributed by atoms with Crippen LogP contribution in [0.25, 0.3) is 0 Å². The molecule has 0 radical (unpaired) electrons. The number of hydrogen-bond donors (Lipinski definition) is 2. The molecule has 22 heavy (non-hydrogen) atoms. The van der Waals surface area contributed by atoms with Gasteiger partial charge in [0.05, 0.1) is 35.6 Å². The van der Waals surface area contributed by atoms with E-state index in [9.17, 15) is 22.8 Å². The van der Waals surface area contributed by atoms with E-state index in [1.165, 1.54) is 4.31 Å². The zero-order chi connectivity index (χ0) is 16.5. The van der Waals surface area contributed by atoms with Crippen molar-refractivity contribution in [3.8, 4) is 12.3 Å². The average Bonchev–Trinajstić information content (AvgIpc) is 2.88. The van der Waals surface area contributed by atoms with Crippen molar-refractivity contribution in [3.63, 3.8) is 0 Å². The second kappa shape index (κ2) is 6.10. The zero-order valence-electron chi connectivity index (χ0n) is 11.4. The van der Waals surface area contributed by atoms with Gasteiger partial charge >= 0.3 is 6.18 Å². The molecule has 4 nitrogen and oxygen atoms in total. The Morgan fingerprint density at radius 2 is 2.14 bits per heavy atom. The summed E-state index contributed by atoms with van der Waals surface area (Å²) in [6.07, 6.45) is 0.911. The van der Waals surface area contributed by atoms with E-state index in [0.717, 1.165) is 18.2 Å². The molecule has 1 aliphatic heterocycles. The van der Waals surface area contributed by atoms with E-state index in [1.807, 2.05) is 0 Å². The lowest BCUT2D eigenvalue weighted by Gasteiger charge is -2.23. The number of β-amino-alcohol motifs (C(OH)–C–C–N with tert-alkyl or cyclic N) is 1. The number of rotatable bonds is 3. The van der Waals surface area contributed by atoms with Crippen molar-refractivity contribution in [3.05, 3.63) is 29.3 Å². The van der Waals surface area contributed by atoms with Crippen LogP contribution in [0.4, 0.5) is 13.2 Å². The molecule has 1 aliphatic rings. The topological polar surface area (TPSA) is 66.8 Å². The first-order valence-corrected chi connectivity index (χ1v) is 7.49. The van der Waals surface area contributed by atoms with Gasteiger partial charge in [-0.3, -0.25) is 0 Å². The van der Waals surface area contributed by atoms with Crippen molar-refractivity contribution in [1.29, 1.82) is 0 Å². The summed E-state index contributed by atoms with van der Waals surface area (Å²) in [7, 11) is 0. The summed E-state index contributed by atoms with van der Waals surface area (Å²) in [5, 5.41) is 19.0. The Labute approximate surface area is 128 Å². The van der Waals surface area contributed by atoms with Gasteiger partial charge in [-0.25, -0.2) is 0 Å². The van der Waals surface area contributed by atoms with E-state index in [1.54, 1.807) is 0 Å². The SMILES string of the molecule is C#Cc1cc(C(F)(F)F)ccc1[S+]([O-])N1CCC(O)(CO)C1. The van der Waals surface area contributed by atoms with Gasteiger partial charge in [-0.1, -0.05) is 5.92 Å². The zero-order valence-corrected chi connectivity index (χ0v) is 12.2. The van der Waals surface area contributed by atoms with Gasteiger partial charge in [0.15, 0.2) is 4.90 Å². The van der Waals surface area contributed by atoms with Crippen molar-refractivity contribution >= 4 is 11.4 Å². The maximum absolute atomic E-state index is 12.7. The van der Waals surface area contributed by atoms with Crippen LogP contribution in [0.15, 0.2) is 23.1 Å². The highest BCUT2D eigenvalue weighted by Gasteiger charge is 2.42. The van der Waals surface area contributed by atoms with Crippen molar-refractivity contribution in [2.45, 2.75) is 23.1 Å². The summed E-state index contributed by atoms with van der Waals surface area (Å²) < 4.78 is 51.8. The van der Waals surface area contributed by atoms with Gasteiger partial charge in [0.25, 0.3) is 0 Å². The molecule has 0 saturated carbocycles. The molecule has 1 heterocycles. The Hall–Kier alpha value is -1.24. The number of alkyl halides is 3. The fraction of sp³-hybridized carbons (Fsp3) is 0.429. The Balaban J connectivity index is 2.28. The van der Waals surface area contributed by atoms with E-state index >= 15 is 0 Å². The Kier molecular flexibility index (Phi) is 4.75. The van der Waals surface area contributed by atoms with Gasteiger partial charge in [-0.05, 0) is 24.6 Å². The van der Waals surface area contributed by atoms with Crippen LogP contribution in [0.2, 0.25) is 0 Å². The number of aliphatic hydroxyl groups is 2. The third kappa shape index (κ3) is 3.39. The molecule has 1 saturated heterocycles. The molecule has 120 valence electrons. The highest BCUT2D eigenvalue weighted by atomic mass is 32.2. The molecule has 2 rings (SSSR count). The largest absolute Gasteiger partial charge is 0.593 e.